The molecule has 108 valence electrons. The largest absolute Gasteiger partial charge is 0.344 e. The Morgan fingerprint density at radius 1 is 1.24 bits per heavy atom. The van der Waals surface area contributed by atoms with Gasteiger partial charge in [-0.3, -0.25) is 5.41 Å². The fourth-order valence-electron chi connectivity index (χ4n) is 2.08. The van der Waals surface area contributed by atoms with Crippen LogP contribution in [0.15, 0.2) is 42.5 Å². The Balaban J connectivity index is 0.00000161. The van der Waals surface area contributed by atoms with Crippen molar-refractivity contribution in [3.63, 3.8) is 0 Å². The molecule has 0 atom stereocenters. The molecule has 3 rings (SSSR count). The number of nitrogens with zero attached hydrogens (tertiary/aromatic N) is 1. The summed E-state index contributed by atoms with van der Waals surface area (Å²) in [4.78, 5) is 7.51. The molecule has 21 heavy (non-hydrogen) atoms. The molecule has 0 fully saturated rings. The van der Waals surface area contributed by atoms with E-state index in [-0.39, 0.29) is 22.8 Å². The summed E-state index contributed by atoms with van der Waals surface area (Å²) in [5.74, 6) is 0.552. The zero-order valence-electron chi connectivity index (χ0n) is 11.3. The van der Waals surface area contributed by atoms with E-state index in [1.54, 1.807) is 25.1 Å². The van der Waals surface area contributed by atoms with Crippen LogP contribution in [0.25, 0.3) is 22.4 Å². The van der Waals surface area contributed by atoms with E-state index in [0.29, 0.717) is 17.2 Å². The third-order valence-electron chi connectivity index (χ3n) is 2.94. The first-order valence-corrected chi connectivity index (χ1v) is 6.20. The summed E-state index contributed by atoms with van der Waals surface area (Å²) >= 11 is 0. The van der Waals surface area contributed by atoms with Crippen molar-refractivity contribution in [1.29, 1.82) is 5.41 Å². The van der Waals surface area contributed by atoms with Crippen LogP contribution in [-0.2, 0) is 0 Å². The lowest BCUT2D eigenvalue weighted by Crippen LogP contribution is -2.04. The van der Waals surface area contributed by atoms with Gasteiger partial charge in [-0.05, 0) is 37.3 Å². The lowest BCUT2D eigenvalue weighted by Gasteiger charge is -2.02. The van der Waals surface area contributed by atoms with Crippen molar-refractivity contribution in [2.45, 2.75) is 6.92 Å². The highest BCUT2D eigenvalue weighted by Gasteiger charge is 2.09. The van der Waals surface area contributed by atoms with Gasteiger partial charge in [0.05, 0.1) is 22.4 Å². The van der Waals surface area contributed by atoms with Gasteiger partial charge in [-0.2, -0.15) is 0 Å². The SMILES string of the molecule is Br.CC(=N)Nc1ccc2[nH]c(-c3ccccc3F)nc2c1. The number of aromatic amines is 1. The average Bonchev–Trinajstić information content (AvgIpc) is 2.81. The van der Waals surface area contributed by atoms with E-state index < -0.39 is 0 Å². The van der Waals surface area contributed by atoms with Crippen molar-refractivity contribution in [2.24, 2.45) is 0 Å². The zero-order valence-corrected chi connectivity index (χ0v) is 13.0. The van der Waals surface area contributed by atoms with Crippen LogP contribution in [0.1, 0.15) is 6.92 Å². The van der Waals surface area contributed by atoms with Crippen molar-refractivity contribution >= 4 is 39.5 Å². The maximum atomic E-state index is 13.8. The summed E-state index contributed by atoms with van der Waals surface area (Å²) in [6.45, 7) is 1.67. The lowest BCUT2D eigenvalue weighted by atomic mass is 10.2. The third kappa shape index (κ3) is 3.11. The summed E-state index contributed by atoms with van der Waals surface area (Å²) < 4.78 is 13.8. The van der Waals surface area contributed by atoms with Crippen molar-refractivity contribution in [3.8, 4) is 11.4 Å². The van der Waals surface area contributed by atoms with Gasteiger partial charge in [0.2, 0.25) is 0 Å². The molecule has 0 saturated carbocycles. The molecule has 0 aliphatic heterocycles. The second-order valence-corrected chi connectivity index (χ2v) is 4.55. The van der Waals surface area contributed by atoms with Crippen LogP contribution in [0.4, 0.5) is 10.1 Å². The normalized spacial score (nSPS) is 10.2. The number of aromatic nitrogens is 2. The van der Waals surface area contributed by atoms with Crippen LogP contribution in [0.2, 0.25) is 0 Å². The number of benzene rings is 2. The van der Waals surface area contributed by atoms with E-state index in [2.05, 4.69) is 15.3 Å². The minimum atomic E-state index is -0.305. The number of H-pyrrole nitrogens is 1. The molecule has 4 nitrogen and oxygen atoms in total. The number of hydrogen-bond acceptors (Lipinski definition) is 2. The monoisotopic (exact) mass is 348 g/mol. The molecule has 0 saturated heterocycles. The lowest BCUT2D eigenvalue weighted by molar-refractivity contribution is 0.630. The Hall–Kier alpha value is -2.21. The van der Waals surface area contributed by atoms with Crippen LogP contribution in [0.3, 0.4) is 0 Å². The molecule has 6 heteroatoms. The number of nitrogens with one attached hydrogen (secondary N) is 3. The van der Waals surface area contributed by atoms with Gasteiger partial charge < -0.3 is 10.3 Å². The van der Waals surface area contributed by atoms with Crippen molar-refractivity contribution in [3.05, 3.63) is 48.3 Å². The highest BCUT2D eigenvalue weighted by atomic mass is 79.9. The molecule has 1 aromatic heterocycles. The van der Waals surface area contributed by atoms with E-state index in [1.165, 1.54) is 6.07 Å². The Morgan fingerprint density at radius 3 is 2.71 bits per heavy atom. The molecule has 3 N–H and O–H groups in total. The first-order chi connectivity index (χ1) is 9.63. The van der Waals surface area contributed by atoms with Gasteiger partial charge in [-0.15, -0.1) is 17.0 Å². The molecule has 0 aliphatic carbocycles. The molecule has 0 bridgehead atoms. The van der Waals surface area contributed by atoms with Gasteiger partial charge in [0, 0.05) is 5.69 Å². The maximum absolute atomic E-state index is 13.8. The second-order valence-electron chi connectivity index (χ2n) is 4.55. The number of hydrogen-bond donors (Lipinski definition) is 3. The van der Waals surface area contributed by atoms with Crippen LogP contribution in [0, 0.1) is 11.2 Å². The van der Waals surface area contributed by atoms with Crippen molar-refractivity contribution in [1.82, 2.24) is 9.97 Å². The molecular formula is C15H14BrFN4. The summed E-state index contributed by atoms with van der Waals surface area (Å²) in [5.41, 5.74) is 2.80. The topological polar surface area (TPSA) is 64.6 Å². The van der Waals surface area contributed by atoms with E-state index >= 15 is 0 Å². The Morgan fingerprint density at radius 2 is 2.00 bits per heavy atom. The van der Waals surface area contributed by atoms with Crippen molar-refractivity contribution in [2.75, 3.05) is 5.32 Å². The van der Waals surface area contributed by atoms with E-state index in [4.69, 9.17) is 5.41 Å². The summed E-state index contributed by atoms with van der Waals surface area (Å²) in [6.07, 6.45) is 0. The average molecular weight is 349 g/mol. The molecule has 0 radical (unpaired) electrons. The summed E-state index contributed by atoms with van der Waals surface area (Å²) in [6, 6.07) is 12.1. The molecule has 0 aliphatic rings. The number of halogens is 2. The standard InChI is InChI=1S/C15H13FN4.BrH/c1-9(17)18-10-6-7-13-14(8-10)20-15(19-13)11-4-2-3-5-12(11)16;/h2-8H,1H3,(H2,17,18)(H,19,20);1H. The minimum Gasteiger partial charge on any atom is -0.344 e. The Bertz CT molecular complexity index is 797. The molecule has 3 aromatic rings. The zero-order chi connectivity index (χ0) is 14.1. The Labute approximate surface area is 131 Å². The number of amidine groups is 1. The molecule has 0 spiro atoms. The second kappa shape index (κ2) is 6.05. The van der Waals surface area contributed by atoms with Crippen LogP contribution < -0.4 is 5.32 Å². The molecule has 0 amide bonds. The third-order valence-corrected chi connectivity index (χ3v) is 2.94. The number of imidazole rings is 1. The fourth-order valence-corrected chi connectivity index (χ4v) is 2.08. The van der Waals surface area contributed by atoms with E-state index in [9.17, 15) is 4.39 Å². The van der Waals surface area contributed by atoms with Crippen LogP contribution in [0.5, 0.6) is 0 Å². The van der Waals surface area contributed by atoms with Gasteiger partial charge in [-0.25, -0.2) is 9.37 Å². The minimum absolute atomic E-state index is 0. The predicted octanol–water partition coefficient (Wildman–Crippen LogP) is 4.36. The number of fused-ring (bicyclic) bond motifs is 1. The molecular weight excluding hydrogens is 335 g/mol. The summed E-state index contributed by atoms with van der Waals surface area (Å²) in [5, 5.41) is 10.3. The van der Waals surface area contributed by atoms with Gasteiger partial charge in [0.25, 0.3) is 0 Å². The van der Waals surface area contributed by atoms with Gasteiger partial charge in [-0.1, -0.05) is 12.1 Å². The maximum Gasteiger partial charge on any atom is 0.141 e. The smallest absolute Gasteiger partial charge is 0.141 e. The predicted molar refractivity (Wildman–Crippen MR) is 88.8 cm³/mol. The van der Waals surface area contributed by atoms with Crippen LogP contribution >= 0.6 is 17.0 Å². The molecule has 2 aromatic carbocycles. The summed E-state index contributed by atoms with van der Waals surface area (Å²) in [7, 11) is 0. The Kier molecular flexibility index (Phi) is 4.37. The molecule has 1 heterocycles. The van der Waals surface area contributed by atoms with Crippen LogP contribution in [-0.4, -0.2) is 15.8 Å². The van der Waals surface area contributed by atoms with Gasteiger partial charge in [0.15, 0.2) is 0 Å². The quantitative estimate of drug-likeness (QED) is 0.476. The highest BCUT2D eigenvalue weighted by Crippen LogP contribution is 2.24. The number of anilines is 1. The fraction of sp³-hybridized carbons (Fsp3) is 0.0667. The van der Waals surface area contributed by atoms with Gasteiger partial charge in [0.1, 0.15) is 11.6 Å². The first kappa shape index (κ1) is 15.2. The van der Waals surface area contributed by atoms with E-state index in [1.807, 2.05) is 18.2 Å². The first-order valence-electron chi connectivity index (χ1n) is 6.20. The van der Waals surface area contributed by atoms with E-state index in [0.717, 1.165) is 16.7 Å². The highest BCUT2D eigenvalue weighted by molar-refractivity contribution is 8.93. The van der Waals surface area contributed by atoms with Crippen molar-refractivity contribution < 1.29 is 4.39 Å². The molecule has 0 unspecified atom stereocenters. The number of rotatable bonds is 2. The van der Waals surface area contributed by atoms with Gasteiger partial charge >= 0.3 is 0 Å².